The second kappa shape index (κ2) is 8.60. The van der Waals surface area contributed by atoms with Crippen molar-refractivity contribution in [3.8, 4) is 5.75 Å². The lowest BCUT2D eigenvalue weighted by Gasteiger charge is -2.12. The Labute approximate surface area is 161 Å². The topological polar surface area (TPSA) is 61.4 Å². The Balaban J connectivity index is 1.72. The van der Waals surface area contributed by atoms with Gasteiger partial charge < -0.3 is 15.7 Å². The van der Waals surface area contributed by atoms with E-state index in [4.69, 9.17) is 0 Å². The number of carbonyl (C=O) groups excluding carboxylic acids is 1. The number of carbonyl (C=O) groups is 1. The van der Waals surface area contributed by atoms with Gasteiger partial charge in [-0.05, 0) is 48.0 Å². The zero-order valence-corrected chi connectivity index (χ0v) is 15.5. The van der Waals surface area contributed by atoms with Gasteiger partial charge in [0.15, 0.2) is 11.6 Å². The lowest BCUT2D eigenvalue weighted by Crippen LogP contribution is -2.05. The van der Waals surface area contributed by atoms with E-state index < -0.39 is 5.82 Å². The summed E-state index contributed by atoms with van der Waals surface area (Å²) in [4.78, 5) is 13.2. The van der Waals surface area contributed by atoms with Crippen LogP contribution in [-0.2, 0) is 11.3 Å². The summed E-state index contributed by atoms with van der Waals surface area (Å²) in [5, 5.41) is 15.6. The molecule has 0 bridgehead atoms. The van der Waals surface area contributed by atoms with Crippen molar-refractivity contribution in [3.63, 3.8) is 0 Å². The molecule has 3 aromatic rings. The largest absolute Gasteiger partial charge is 0.503 e. The van der Waals surface area contributed by atoms with Crippen LogP contribution in [0, 0.1) is 5.82 Å². The fourth-order valence-electron chi connectivity index (χ4n) is 2.53. The minimum absolute atomic E-state index is 0.104. The molecule has 6 heteroatoms. The molecule has 0 aromatic heterocycles. The number of anilines is 2. The fraction of sp³-hybridized carbons (Fsp3) is 0.0952. The van der Waals surface area contributed by atoms with Gasteiger partial charge in [0.2, 0.25) is 5.91 Å². The van der Waals surface area contributed by atoms with Gasteiger partial charge in [0.05, 0.1) is 5.69 Å². The zero-order chi connectivity index (χ0) is 19.2. The number of hydrogen-bond donors (Lipinski definition) is 3. The first-order valence-corrected chi connectivity index (χ1v) is 9.19. The Morgan fingerprint density at radius 2 is 1.78 bits per heavy atom. The smallest absolute Gasteiger partial charge is 0.221 e. The monoisotopic (exact) mass is 382 g/mol. The third-order valence-electron chi connectivity index (χ3n) is 3.83. The molecule has 0 saturated heterocycles. The van der Waals surface area contributed by atoms with Gasteiger partial charge in [-0.1, -0.05) is 36.0 Å². The number of halogens is 1. The highest BCUT2D eigenvalue weighted by atomic mass is 32.2. The van der Waals surface area contributed by atoms with Crippen molar-refractivity contribution >= 4 is 29.0 Å². The SMILES string of the molecule is CC(=O)Nc1ccc(Sc2ccccc2CNc2cccc(F)c2O)cc1. The van der Waals surface area contributed by atoms with Gasteiger partial charge >= 0.3 is 0 Å². The molecule has 0 saturated carbocycles. The highest BCUT2D eigenvalue weighted by Gasteiger charge is 2.08. The predicted molar refractivity (Wildman–Crippen MR) is 107 cm³/mol. The van der Waals surface area contributed by atoms with E-state index in [1.807, 2.05) is 48.5 Å². The number of rotatable bonds is 6. The number of hydrogen-bond acceptors (Lipinski definition) is 4. The Bertz CT molecular complexity index is 945. The van der Waals surface area contributed by atoms with Crippen molar-refractivity contribution in [1.82, 2.24) is 0 Å². The Morgan fingerprint density at radius 1 is 1.04 bits per heavy atom. The quantitative estimate of drug-likeness (QED) is 0.510. The molecule has 0 radical (unpaired) electrons. The van der Waals surface area contributed by atoms with Crippen LogP contribution in [0.25, 0.3) is 0 Å². The van der Waals surface area contributed by atoms with E-state index in [-0.39, 0.29) is 11.7 Å². The van der Waals surface area contributed by atoms with Crippen LogP contribution < -0.4 is 10.6 Å². The van der Waals surface area contributed by atoms with Crippen LogP contribution >= 0.6 is 11.8 Å². The molecular weight excluding hydrogens is 363 g/mol. The molecule has 1 amide bonds. The van der Waals surface area contributed by atoms with Crippen molar-refractivity contribution in [2.45, 2.75) is 23.3 Å². The molecule has 0 aliphatic rings. The maximum atomic E-state index is 13.5. The van der Waals surface area contributed by atoms with Crippen molar-refractivity contribution in [2.24, 2.45) is 0 Å². The molecule has 0 unspecified atom stereocenters. The lowest BCUT2D eigenvalue weighted by molar-refractivity contribution is -0.114. The van der Waals surface area contributed by atoms with E-state index in [0.717, 1.165) is 21.0 Å². The van der Waals surface area contributed by atoms with Gasteiger partial charge in [0.1, 0.15) is 0 Å². The molecular formula is C21H19FN2O2S. The summed E-state index contributed by atoms with van der Waals surface area (Å²) < 4.78 is 13.5. The minimum atomic E-state index is -0.651. The van der Waals surface area contributed by atoms with Crippen molar-refractivity contribution < 1.29 is 14.3 Å². The van der Waals surface area contributed by atoms with E-state index in [0.29, 0.717) is 12.2 Å². The van der Waals surface area contributed by atoms with Crippen LogP contribution in [0.4, 0.5) is 15.8 Å². The predicted octanol–water partition coefficient (Wildman–Crippen LogP) is 5.25. The molecule has 3 rings (SSSR count). The second-order valence-corrected chi connectivity index (χ2v) is 7.02. The number of nitrogens with one attached hydrogen (secondary N) is 2. The zero-order valence-electron chi connectivity index (χ0n) is 14.7. The van der Waals surface area contributed by atoms with E-state index in [1.165, 1.54) is 13.0 Å². The molecule has 0 heterocycles. The van der Waals surface area contributed by atoms with Crippen molar-refractivity contribution in [2.75, 3.05) is 10.6 Å². The number of benzene rings is 3. The maximum absolute atomic E-state index is 13.5. The lowest BCUT2D eigenvalue weighted by atomic mass is 10.2. The summed E-state index contributed by atoms with van der Waals surface area (Å²) in [6.45, 7) is 1.92. The van der Waals surface area contributed by atoms with Gasteiger partial charge in [-0.15, -0.1) is 0 Å². The summed E-state index contributed by atoms with van der Waals surface area (Å²) in [7, 11) is 0. The van der Waals surface area contributed by atoms with E-state index in [1.54, 1.807) is 23.9 Å². The van der Waals surface area contributed by atoms with Gasteiger partial charge in [-0.25, -0.2) is 4.39 Å². The van der Waals surface area contributed by atoms with Gasteiger partial charge in [0.25, 0.3) is 0 Å². The molecule has 0 aliphatic heterocycles. The van der Waals surface area contributed by atoms with Crippen molar-refractivity contribution in [1.29, 1.82) is 0 Å². The first-order chi connectivity index (χ1) is 13.0. The molecule has 0 spiro atoms. The van der Waals surface area contributed by atoms with E-state index in [2.05, 4.69) is 10.6 Å². The molecule has 27 heavy (non-hydrogen) atoms. The molecule has 0 atom stereocenters. The van der Waals surface area contributed by atoms with Crippen LogP contribution in [0.5, 0.6) is 5.75 Å². The van der Waals surface area contributed by atoms with Crippen LogP contribution in [0.1, 0.15) is 12.5 Å². The molecule has 0 aliphatic carbocycles. The summed E-state index contributed by atoms with van der Waals surface area (Å²) >= 11 is 1.60. The van der Waals surface area contributed by atoms with Gasteiger partial charge in [0, 0.05) is 28.9 Å². The molecule has 0 fully saturated rings. The van der Waals surface area contributed by atoms with Crippen LogP contribution in [0.15, 0.2) is 76.5 Å². The van der Waals surface area contributed by atoms with E-state index >= 15 is 0 Å². The molecule has 4 nitrogen and oxygen atoms in total. The molecule has 138 valence electrons. The first kappa shape index (κ1) is 18.8. The summed E-state index contributed by atoms with van der Waals surface area (Å²) in [5.41, 5.74) is 2.13. The second-order valence-electron chi connectivity index (χ2n) is 5.90. The maximum Gasteiger partial charge on any atom is 0.221 e. The van der Waals surface area contributed by atoms with Crippen molar-refractivity contribution in [3.05, 3.63) is 78.1 Å². The van der Waals surface area contributed by atoms with Gasteiger partial charge in [-0.2, -0.15) is 0 Å². The first-order valence-electron chi connectivity index (χ1n) is 8.37. The highest BCUT2D eigenvalue weighted by molar-refractivity contribution is 7.99. The number of aromatic hydroxyl groups is 1. The molecule has 3 aromatic carbocycles. The number of phenolic OH excluding ortho intramolecular Hbond substituents is 1. The number of amides is 1. The fourth-order valence-corrected chi connectivity index (χ4v) is 3.48. The standard InChI is InChI=1S/C21H19FN2O2S/c1-14(25)24-16-9-11-17(12-10-16)27-20-8-3-2-5-15(20)13-23-19-7-4-6-18(22)21(19)26/h2-12,23,26H,13H2,1H3,(H,24,25). The highest BCUT2D eigenvalue weighted by Crippen LogP contribution is 2.32. The van der Waals surface area contributed by atoms with Crippen LogP contribution in [-0.4, -0.2) is 11.0 Å². The normalized spacial score (nSPS) is 10.4. The van der Waals surface area contributed by atoms with Crippen LogP contribution in [0.2, 0.25) is 0 Å². The Kier molecular flexibility index (Phi) is 5.98. The van der Waals surface area contributed by atoms with Crippen LogP contribution in [0.3, 0.4) is 0 Å². The van der Waals surface area contributed by atoms with Gasteiger partial charge in [-0.3, -0.25) is 4.79 Å². The summed E-state index contributed by atoms with van der Waals surface area (Å²) in [6.07, 6.45) is 0. The third-order valence-corrected chi connectivity index (χ3v) is 4.96. The average molecular weight is 382 g/mol. The number of para-hydroxylation sites is 1. The summed E-state index contributed by atoms with van der Waals surface area (Å²) in [5.74, 6) is -1.13. The Hall–Kier alpha value is -2.99. The number of phenols is 1. The summed E-state index contributed by atoms with van der Waals surface area (Å²) in [6, 6.07) is 19.9. The Morgan fingerprint density at radius 3 is 2.52 bits per heavy atom. The molecule has 3 N–H and O–H groups in total. The van der Waals surface area contributed by atoms with E-state index in [9.17, 15) is 14.3 Å². The minimum Gasteiger partial charge on any atom is -0.503 e. The third kappa shape index (κ3) is 5.01. The average Bonchev–Trinajstić information content (AvgIpc) is 2.65.